The van der Waals surface area contributed by atoms with Gasteiger partial charge in [-0.25, -0.2) is 0 Å². The molecule has 20 heavy (non-hydrogen) atoms. The first-order chi connectivity index (χ1) is 9.47. The quantitative estimate of drug-likeness (QED) is 0.861. The van der Waals surface area contributed by atoms with Crippen LogP contribution >= 0.6 is 0 Å². The second-order valence-corrected chi connectivity index (χ2v) is 7.59. The number of hydrogen-bond acceptors (Lipinski definition) is 3. The molecule has 0 aromatic rings. The van der Waals surface area contributed by atoms with E-state index in [-0.39, 0.29) is 0 Å². The summed E-state index contributed by atoms with van der Waals surface area (Å²) in [6, 6.07) is 0.677. The molecule has 4 atom stereocenters. The molecule has 118 valence electrons. The van der Waals surface area contributed by atoms with Gasteiger partial charge in [0.25, 0.3) is 0 Å². The third kappa shape index (κ3) is 3.55. The van der Waals surface area contributed by atoms with Crippen LogP contribution in [0.15, 0.2) is 0 Å². The van der Waals surface area contributed by atoms with Gasteiger partial charge < -0.3 is 10.5 Å². The third-order valence-corrected chi connectivity index (χ3v) is 6.02. The standard InChI is InChI=1S/C17H34N2O/c1-5-17(3,4)15-7-6-14(11-18)16(10-15)19-8-9-20-13(2)12-19/h13-16H,5-12,18H2,1-4H3. The molecule has 1 saturated carbocycles. The molecular formula is C17H34N2O. The fourth-order valence-electron chi connectivity index (χ4n) is 4.08. The molecule has 0 spiro atoms. The average molecular weight is 282 g/mol. The molecule has 3 heteroatoms. The lowest BCUT2D eigenvalue weighted by Crippen LogP contribution is -2.54. The molecule has 0 radical (unpaired) electrons. The SMILES string of the molecule is CCC(C)(C)C1CCC(CN)C(N2CCOC(C)C2)C1. The van der Waals surface area contributed by atoms with E-state index in [0.29, 0.717) is 23.5 Å². The Morgan fingerprint density at radius 3 is 2.65 bits per heavy atom. The van der Waals surface area contributed by atoms with Crippen LogP contribution in [0.1, 0.15) is 53.4 Å². The second kappa shape index (κ2) is 6.76. The van der Waals surface area contributed by atoms with E-state index in [1.165, 1.54) is 25.7 Å². The zero-order chi connectivity index (χ0) is 14.8. The lowest BCUT2D eigenvalue weighted by atomic mass is 9.65. The summed E-state index contributed by atoms with van der Waals surface area (Å²) in [5, 5.41) is 0. The smallest absolute Gasteiger partial charge is 0.0674 e. The lowest BCUT2D eigenvalue weighted by molar-refractivity contribution is -0.0604. The van der Waals surface area contributed by atoms with Gasteiger partial charge in [-0.05, 0) is 50.0 Å². The first kappa shape index (κ1) is 16.3. The highest BCUT2D eigenvalue weighted by Crippen LogP contribution is 2.43. The van der Waals surface area contributed by atoms with Crippen LogP contribution in [0.3, 0.4) is 0 Å². The summed E-state index contributed by atoms with van der Waals surface area (Å²) in [7, 11) is 0. The molecular weight excluding hydrogens is 248 g/mol. The van der Waals surface area contributed by atoms with Gasteiger partial charge in [0.1, 0.15) is 0 Å². The highest BCUT2D eigenvalue weighted by Gasteiger charge is 2.39. The van der Waals surface area contributed by atoms with Crippen LogP contribution in [-0.4, -0.2) is 43.3 Å². The van der Waals surface area contributed by atoms with Crippen molar-refractivity contribution in [3.8, 4) is 0 Å². The molecule has 3 nitrogen and oxygen atoms in total. The maximum atomic E-state index is 6.06. The van der Waals surface area contributed by atoms with E-state index in [2.05, 4.69) is 32.6 Å². The van der Waals surface area contributed by atoms with E-state index in [1.807, 2.05) is 0 Å². The van der Waals surface area contributed by atoms with E-state index >= 15 is 0 Å². The minimum atomic E-state index is 0.377. The van der Waals surface area contributed by atoms with Crippen molar-refractivity contribution < 1.29 is 4.74 Å². The van der Waals surface area contributed by atoms with Crippen molar-refractivity contribution in [3.63, 3.8) is 0 Å². The normalized spacial score (nSPS) is 37.0. The van der Waals surface area contributed by atoms with Crippen LogP contribution in [0.4, 0.5) is 0 Å². The summed E-state index contributed by atoms with van der Waals surface area (Å²) >= 11 is 0. The molecule has 1 heterocycles. The summed E-state index contributed by atoms with van der Waals surface area (Å²) in [6.45, 7) is 13.3. The van der Waals surface area contributed by atoms with E-state index in [0.717, 1.165) is 32.2 Å². The number of rotatable bonds is 4. The molecule has 0 aromatic carbocycles. The van der Waals surface area contributed by atoms with Crippen molar-refractivity contribution in [1.29, 1.82) is 0 Å². The monoisotopic (exact) mass is 282 g/mol. The number of morpholine rings is 1. The number of hydrogen-bond donors (Lipinski definition) is 1. The zero-order valence-corrected chi connectivity index (χ0v) is 13.9. The summed E-state index contributed by atoms with van der Waals surface area (Å²) in [6.07, 6.45) is 5.65. The molecule has 1 aliphatic carbocycles. The number of ether oxygens (including phenoxy) is 1. The molecule has 2 aliphatic rings. The van der Waals surface area contributed by atoms with Crippen LogP contribution in [-0.2, 0) is 4.74 Å². The van der Waals surface area contributed by atoms with E-state index in [9.17, 15) is 0 Å². The predicted molar refractivity (Wildman–Crippen MR) is 84.7 cm³/mol. The molecule has 4 unspecified atom stereocenters. The molecule has 2 N–H and O–H groups in total. The van der Waals surface area contributed by atoms with Crippen LogP contribution in [0.2, 0.25) is 0 Å². The topological polar surface area (TPSA) is 38.5 Å². The van der Waals surface area contributed by atoms with Crippen LogP contribution in [0.5, 0.6) is 0 Å². The summed E-state index contributed by atoms with van der Waals surface area (Å²) in [5.41, 5.74) is 6.53. The van der Waals surface area contributed by atoms with Crippen LogP contribution in [0.25, 0.3) is 0 Å². The third-order valence-electron chi connectivity index (χ3n) is 6.02. The zero-order valence-electron chi connectivity index (χ0n) is 13.9. The minimum absolute atomic E-state index is 0.377. The maximum absolute atomic E-state index is 6.06. The van der Waals surface area contributed by atoms with Crippen molar-refractivity contribution in [2.45, 2.75) is 65.5 Å². The van der Waals surface area contributed by atoms with Crippen molar-refractivity contribution in [1.82, 2.24) is 4.90 Å². The average Bonchev–Trinajstić information content (AvgIpc) is 2.46. The van der Waals surface area contributed by atoms with Crippen LogP contribution < -0.4 is 5.73 Å². The van der Waals surface area contributed by atoms with Gasteiger partial charge >= 0.3 is 0 Å². The van der Waals surface area contributed by atoms with E-state index in [4.69, 9.17) is 10.5 Å². The summed E-state index contributed by atoms with van der Waals surface area (Å²) < 4.78 is 5.71. The Kier molecular flexibility index (Phi) is 5.49. The number of nitrogens with zero attached hydrogens (tertiary/aromatic N) is 1. The first-order valence-corrected chi connectivity index (χ1v) is 8.53. The molecule has 0 bridgehead atoms. The fourth-order valence-corrected chi connectivity index (χ4v) is 4.08. The predicted octanol–water partition coefficient (Wildman–Crippen LogP) is 2.89. The van der Waals surface area contributed by atoms with Gasteiger partial charge in [-0.3, -0.25) is 4.90 Å². The van der Waals surface area contributed by atoms with Crippen LogP contribution in [0, 0.1) is 17.3 Å². The molecule has 1 saturated heterocycles. The van der Waals surface area contributed by atoms with Crippen molar-refractivity contribution in [2.75, 3.05) is 26.2 Å². The van der Waals surface area contributed by atoms with Gasteiger partial charge in [-0.15, -0.1) is 0 Å². The highest BCUT2D eigenvalue weighted by atomic mass is 16.5. The Balaban J connectivity index is 2.06. The molecule has 1 aliphatic heterocycles. The maximum Gasteiger partial charge on any atom is 0.0674 e. The van der Waals surface area contributed by atoms with Gasteiger partial charge in [0, 0.05) is 19.1 Å². The van der Waals surface area contributed by atoms with Crippen molar-refractivity contribution >= 4 is 0 Å². The Morgan fingerprint density at radius 2 is 2.05 bits per heavy atom. The van der Waals surface area contributed by atoms with E-state index in [1.54, 1.807) is 0 Å². The number of nitrogens with two attached hydrogens (primary N) is 1. The summed E-state index contributed by atoms with van der Waals surface area (Å²) in [5.74, 6) is 1.53. The molecule has 0 amide bonds. The Bertz CT molecular complexity index is 305. The second-order valence-electron chi connectivity index (χ2n) is 7.59. The van der Waals surface area contributed by atoms with Gasteiger partial charge in [-0.1, -0.05) is 27.2 Å². The van der Waals surface area contributed by atoms with Gasteiger partial charge in [0.05, 0.1) is 12.7 Å². The lowest BCUT2D eigenvalue weighted by Gasteiger charge is -2.48. The molecule has 2 rings (SSSR count). The first-order valence-electron chi connectivity index (χ1n) is 8.53. The minimum Gasteiger partial charge on any atom is -0.376 e. The highest BCUT2D eigenvalue weighted by molar-refractivity contribution is 4.93. The van der Waals surface area contributed by atoms with E-state index < -0.39 is 0 Å². The van der Waals surface area contributed by atoms with Gasteiger partial charge in [-0.2, -0.15) is 0 Å². The Labute approximate surface area is 125 Å². The largest absolute Gasteiger partial charge is 0.376 e. The van der Waals surface area contributed by atoms with Crippen molar-refractivity contribution in [3.05, 3.63) is 0 Å². The van der Waals surface area contributed by atoms with Crippen molar-refractivity contribution in [2.24, 2.45) is 23.0 Å². The Hall–Kier alpha value is -0.120. The molecule has 0 aromatic heterocycles. The fraction of sp³-hybridized carbons (Fsp3) is 1.00. The summed E-state index contributed by atoms with van der Waals surface area (Å²) in [4.78, 5) is 2.67. The van der Waals surface area contributed by atoms with Gasteiger partial charge in [0.2, 0.25) is 0 Å². The van der Waals surface area contributed by atoms with Gasteiger partial charge in [0.15, 0.2) is 0 Å². The molecule has 2 fully saturated rings. The Morgan fingerprint density at radius 1 is 1.30 bits per heavy atom.